The summed E-state index contributed by atoms with van der Waals surface area (Å²) in [6.45, 7) is 0.0815. The molecule has 0 aliphatic heterocycles. The van der Waals surface area contributed by atoms with Crippen LogP contribution in [0.25, 0.3) is 0 Å². The number of carbonyl (C=O) groups is 1. The van der Waals surface area contributed by atoms with Crippen molar-refractivity contribution >= 4 is 22.2 Å². The zero-order valence-electron chi connectivity index (χ0n) is 9.70. The maximum absolute atomic E-state index is 13.2. The highest BCUT2D eigenvalue weighted by Gasteiger charge is 2.04. The van der Waals surface area contributed by atoms with Crippen molar-refractivity contribution in [3.8, 4) is 5.75 Å². The Labute approximate surface area is 117 Å². The molecule has 2 nitrogen and oxygen atoms in total. The molecule has 0 fully saturated rings. The van der Waals surface area contributed by atoms with E-state index in [4.69, 9.17) is 4.74 Å². The number of benzene rings is 2. The largest absolute Gasteiger partial charge is 0.489 e. The van der Waals surface area contributed by atoms with E-state index in [0.29, 0.717) is 16.3 Å². The predicted octanol–water partition coefficient (Wildman–Crippen LogP) is 4.12. The van der Waals surface area contributed by atoms with Crippen molar-refractivity contribution in [2.24, 2.45) is 0 Å². The van der Waals surface area contributed by atoms with Crippen LogP contribution in [0.4, 0.5) is 8.78 Å². The van der Waals surface area contributed by atoms with Gasteiger partial charge >= 0.3 is 0 Å². The second-order valence-corrected chi connectivity index (χ2v) is 4.82. The second-order valence-electron chi connectivity index (χ2n) is 3.90. The Kier molecular flexibility index (Phi) is 4.27. The van der Waals surface area contributed by atoms with E-state index in [-0.39, 0.29) is 23.7 Å². The summed E-state index contributed by atoms with van der Waals surface area (Å²) in [5, 5.41) is 0. The van der Waals surface area contributed by atoms with Crippen LogP contribution < -0.4 is 4.74 Å². The summed E-state index contributed by atoms with van der Waals surface area (Å²) in [4.78, 5) is 10.6. The maximum atomic E-state index is 13.2. The van der Waals surface area contributed by atoms with E-state index in [9.17, 15) is 13.6 Å². The van der Waals surface area contributed by atoms with Crippen LogP contribution in [0.1, 0.15) is 15.9 Å². The molecule has 0 spiro atoms. The van der Waals surface area contributed by atoms with Crippen LogP contribution in [-0.2, 0) is 6.61 Å². The van der Waals surface area contributed by atoms with E-state index in [1.54, 1.807) is 6.07 Å². The average molecular weight is 327 g/mol. The fourth-order valence-corrected chi connectivity index (χ4v) is 2.11. The number of carbonyl (C=O) groups excluding carboxylic acids is 1. The number of hydrogen-bond acceptors (Lipinski definition) is 2. The molecule has 19 heavy (non-hydrogen) atoms. The van der Waals surface area contributed by atoms with Crippen molar-refractivity contribution in [2.45, 2.75) is 6.61 Å². The van der Waals surface area contributed by atoms with Gasteiger partial charge in [0.15, 0.2) is 0 Å². The molecule has 0 N–H and O–H groups in total. The van der Waals surface area contributed by atoms with E-state index in [1.807, 2.05) is 0 Å². The van der Waals surface area contributed by atoms with Gasteiger partial charge in [0.05, 0.1) is 0 Å². The zero-order valence-corrected chi connectivity index (χ0v) is 11.3. The topological polar surface area (TPSA) is 26.3 Å². The standard InChI is InChI=1S/C14H9BrF2O2/c15-11-1-10(3-12(16)5-11)8-19-14-4-9(7-18)2-13(17)6-14/h1-7H,8H2. The first-order valence-corrected chi connectivity index (χ1v) is 6.19. The summed E-state index contributed by atoms with van der Waals surface area (Å²) < 4.78 is 32.2. The van der Waals surface area contributed by atoms with Crippen LogP contribution in [0.3, 0.4) is 0 Å². The van der Waals surface area contributed by atoms with Gasteiger partial charge in [-0.1, -0.05) is 15.9 Å². The summed E-state index contributed by atoms with van der Waals surface area (Å²) in [5.74, 6) is -0.719. The molecule has 5 heteroatoms. The molecule has 0 amide bonds. The van der Waals surface area contributed by atoms with Gasteiger partial charge in [0.1, 0.15) is 30.3 Å². The molecule has 0 heterocycles. The zero-order chi connectivity index (χ0) is 13.8. The fraction of sp³-hybridized carbons (Fsp3) is 0.0714. The minimum atomic E-state index is -0.556. The molecule has 2 aromatic carbocycles. The van der Waals surface area contributed by atoms with Crippen molar-refractivity contribution < 1.29 is 18.3 Å². The first-order chi connectivity index (χ1) is 9.06. The Morgan fingerprint density at radius 1 is 1.05 bits per heavy atom. The van der Waals surface area contributed by atoms with Crippen molar-refractivity contribution in [3.05, 3.63) is 63.6 Å². The third-order valence-corrected chi connectivity index (χ3v) is 2.82. The summed E-state index contributed by atoms with van der Waals surface area (Å²) >= 11 is 3.17. The highest BCUT2D eigenvalue weighted by Crippen LogP contribution is 2.19. The lowest BCUT2D eigenvalue weighted by Crippen LogP contribution is -1.97. The average Bonchev–Trinajstić information content (AvgIpc) is 2.34. The molecular weight excluding hydrogens is 318 g/mol. The minimum Gasteiger partial charge on any atom is -0.489 e. The molecule has 0 aliphatic carbocycles. The van der Waals surface area contributed by atoms with Crippen LogP contribution >= 0.6 is 15.9 Å². The molecule has 98 valence electrons. The number of aldehydes is 1. The van der Waals surface area contributed by atoms with Crippen LogP contribution in [-0.4, -0.2) is 6.29 Å². The number of ether oxygens (including phenoxy) is 1. The Bertz CT molecular complexity index is 594. The highest BCUT2D eigenvalue weighted by molar-refractivity contribution is 9.10. The molecular formula is C14H9BrF2O2. The normalized spacial score (nSPS) is 10.3. The van der Waals surface area contributed by atoms with Crippen LogP contribution in [0, 0.1) is 11.6 Å². The van der Waals surface area contributed by atoms with Gasteiger partial charge in [-0.3, -0.25) is 4.79 Å². The summed E-state index contributed by atoms with van der Waals surface area (Å²) in [6.07, 6.45) is 0.536. The first-order valence-electron chi connectivity index (χ1n) is 5.40. The number of hydrogen-bond donors (Lipinski definition) is 0. The van der Waals surface area contributed by atoms with Gasteiger partial charge in [0.2, 0.25) is 0 Å². The Morgan fingerprint density at radius 3 is 2.47 bits per heavy atom. The molecule has 0 saturated carbocycles. The monoisotopic (exact) mass is 326 g/mol. The molecule has 0 unspecified atom stereocenters. The van der Waals surface area contributed by atoms with Gasteiger partial charge in [-0.25, -0.2) is 8.78 Å². The predicted molar refractivity (Wildman–Crippen MR) is 70.2 cm³/mol. The quantitative estimate of drug-likeness (QED) is 0.790. The van der Waals surface area contributed by atoms with Crippen molar-refractivity contribution in [2.75, 3.05) is 0 Å². The summed E-state index contributed by atoms with van der Waals surface area (Å²) in [6, 6.07) is 8.05. The molecule has 0 bridgehead atoms. The molecule has 2 aromatic rings. The van der Waals surface area contributed by atoms with Crippen LogP contribution in [0.5, 0.6) is 5.75 Å². The van der Waals surface area contributed by atoms with Gasteiger partial charge in [-0.2, -0.15) is 0 Å². The summed E-state index contributed by atoms with van der Waals surface area (Å²) in [7, 11) is 0. The molecule has 0 radical (unpaired) electrons. The Morgan fingerprint density at radius 2 is 1.79 bits per heavy atom. The number of rotatable bonds is 4. The van der Waals surface area contributed by atoms with Crippen LogP contribution in [0.2, 0.25) is 0 Å². The van der Waals surface area contributed by atoms with E-state index in [1.165, 1.54) is 24.3 Å². The smallest absolute Gasteiger partial charge is 0.150 e. The van der Waals surface area contributed by atoms with Crippen molar-refractivity contribution in [3.63, 3.8) is 0 Å². The third-order valence-electron chi connectivity index (χ3n) is 2.36. The first kappa shape index (κ1) is 13.7. The van der Waals surface area contributed by atoms with E-state index >= 15 is 0 Å². The fourth-order valence-electron chi connectivity index (χ4n) is 1.60. The van der Waals surface area contributed by atoms with Gasteiger partial charge in [-0.05, 0) is 35.9 Å². The van der Waals surface area contributed by atoms with Gasteiger partial charge in [0.25, 0.3) is 0 Å². The summed E-state index contributed by atoms with van der Waals surface area (Å²) in [5.41, 5.74) is 0.791. The Hall–Kier alpha value is -1.75. The van der Waals surface area contributed by atoms with E-state index < -0.39 is 5.82 Å². The molecule has 0 aliphatic rings. The lowest BCUT2D eigenvalue weighted by atomic mass is 10.2. The molecule has 0 saturated heterocycles. The highest BCUT2D eigenvalue weighted by atomic mass is 79.9. The SMILES string of the molecule is O=Cc1cc(F)cc(OCc2cc(F)cc(Br)c2)c1. The van der Waals surface area contributed by atoms with Gasteiger partial charge in [0, 0.05) is 16.1 Å². The van der Waals surface area contributed by atoms with Crippen molar-refractivity contribution in [1.82, 2.24) is 0 Å². The molecule has 2 rings (SSSR count). The Balaban J connectivity index is 2.13. The number of halogens is 3. The van der Waals surface area contributed by atoms with Gasteiger partial charge < -0.3 is 4.74 Å². The van der Waals surface area contributed by atoms with E-state index in [0.717, 1.165) is 6.07 Å². The lowest BCUT2D eigenvalue weighted by Gasteiger charge is -2.07. The second kappa shape index (κ2) is 5.93. The third kappa shape index (κ3) is 3.86. The van der Waals surface area contributed by atoms with Crippen molar-refractivity contribution in [1.29, 1.82) is 0 Å². The van der Waals surface area contributed by atoms with E-state index in [2.05, 4.69) is 15.9 Å². The molecule has 0 aromatic heterocycles. The molecule has 0 atom stereocenters. The maximum Gasteiger partial charge on any atom is 0.150 e. The van der Waals surface area contributed by atoms with Gasteiger partial charge in [-0.15, -0.1) is 0 Å². The van der Waals surface area contributed by atoms with Crippen LogP contribution in [0.15, 0.2) is 40.9 Å². The minimum absolute atomic E-state index is 0.0815. The lowest BCUT2D eigenvalue weighted by molar-refractivity contribution is 0.112.